The molecule has 1 aliphatic rings. The van der Waals surface area contributed by atoms with E-state index in [-0.39, 0.29) is 0 Å². The lowest BCUT2D eigenvalue weighted by Gasteiger charge is -2.26. The van der Waals surface area contributed by atoms with Crippen molar-refractivity contribution in [2.24, 2.45) is 4.99 Å². The Bertz CT molecular complexity index is 498. The van der Waals surface area contributed by atoms with Gasteiger partial charge in [-0.3, -0.25) is 9.89 Å². The van der Waals surface area contributed by atoms with Gasteiger partial charge in [0.15, 0.2) is 5.96 Å². The zero-order chi connectivity index (χ0) is 17.0. The van der Waals surface area contributed by atoms with Crippen LogP contribution >= 0.6 is 0 Å². The van der Waals surface area contributed by atoms with Gasteiger partial charge in [0.2, 0.25) is 0 Å². The summed E-state index contributed by atoms with van der Waals surface area (Å²) in [6.07, 6.45) is 3.43. The molecule has 0 bridgehead atoms. The molecule has 1 heterocycles. The van der Waals surface area contributed by atoms with Crippen LogP contribution in [-0.4, -0.2) is 57.3 Å². The number of hydrogen-bond acceptors (Lipinski definition) is 3. The first-order valence-electron chi connectivity index (χ1n) is 9.15. The van der Waals surface area contributed by atoms with Gasteiger partial charge in [0.1, 0.15) is 0 Å². The zero-order valence-electron chi connectivity index (χ0n) is 15.2. The van der Waals surface area contributed by atoms with Crippen LogP contribution in [0.5, 0.6) is 0 Å². The van der Waals surface area contributed by atoms with Crippen LogP contribution in [0.3, 0.4) is 0 Å². The molecule has 0 spiro atoms. The van der Waals surface area contributed by atoms with E-state index < -0.39 is 0 Å². The molecule has 2 rings (SSSR count). The van der Waals surface area contributed by atoms with Gasteiger partial charge in [0.05, 0.1) is 13.2 Å². The number of hydrogen-bond donors (Lipinski definition) is 2. The molecule has 0 saturated carbocycles. The molecule has 1 aromatic carbocycles. The Morgan fingerprint density at radius 2 is 1.88 bits per heavy atom. The number of guanidine groups is 1. The second-order valence-electron chi connectivity index (χ2n) is 6.14. The van der Waals surface area contributed by atoms with Gasteiger partial charge in [-0.25, -0.2) is 0 Å². The number of benzene rings is 1. The Balaban J connectivity index is 1.61. The molecule has 5 nitrogen and oxygen atoms in total. The lowest BCUT2D eigenvalue weighted by atomic mass is 10.1. The number of unbranched alkanes of at least 4 members (excludes halogenated alkanes) is 1. The quantitative estimate of drug-likeness (QED) is 0.434. The summed E-state index contributed by atoms with van der Waals surface area (Å²) in [6.45, 7) is 9.06. The molecular weight excluding hydrogens is 300 g/mol. The van der Waals surface area contributed by atoms with Gasteiger partial charge in [-0.2, -0.15) is 0 Å². The summed E-state index contributed by atoms with van der Waals surface area (Å²) in [7, 11) is 1.83. The highest BCUT2D eigenvalue weighted by molar-refractivity contribution is 5.79. The number of aryl methyl sites for hydroxylation is 1. The number of nitrogens with zero attached hydrogens (tertiary/aromatic N) is 2. The van der Waals surface area contributed by atoms with Crippen LogP contribution in [0, 0.1) is 0 Å². The summed E-state index contributed by atoms with van der Waals surface area (Å²) >= 11 is 0. The summed E-state index contributed by atoms with van der Waals surface area (Å²) < 4.78 is 5.37. The number of morpholine rings is 1. The minimum atomic E-state index is 0.817. The van der Waals surface area contributed by atoms with E-state index in [1.54, 1.807) is 0 Å². The normalized spacial score (nSPS) is 16.2. The molecule has 1 fully saturated rings. The van der Waals surface area contributed by atoms with Gasteiger partial charge >= 0.3 is 0 Å². The maximum atomic E-state index is 5.37. The first-order valence-corrected chi connectivity index (χ1v) is 9.15. The van der Waals surface area contributed by atoms with Crippen LogP contribution in [0.2, 0.25) is 0 Å². The Hall–Kier alpha value is -1.59. The van der Waals surface area contributed by atoms with Gasteiger partial charge in [-0.1, -0.05) is 31.2 Å². The highest BCUT2D eigenvalue weighted by Gasteiger charge is 2.09. The standard InChI is InChI=1S/C19H32N4O/c1-3-17-8-4-5-9-18(17)16-22-19(20-2)21-10-6-7-11-23-12-14-24-15-13-23/h4-5,8-9H,3,6-7,10-16H2,1-2H3,(H2,20,21,22). The maximum Gasteiger partial charge on any atom is 0.191 e. The molecule has 0 amide bonds. The van der Waals surface area contributed by atoms with E-state index in [0.29, 0.717) is 0 Å². The lowest BCUT2D eigenvalue weighted by Crippen LogP contribution is -2.38. The molecule has 0 aliphatic carbocycles. The van der Waals surface area contributed by atoms with E-state index in [9.17, 15) is 0 Å². The molecule has 0 unspecified atom stereocenters. The summed E-state index contributed by atoms with van der Waals surface area (Å²) in [5.41, 5.74) is 2.74. The van der Waals surface area contributed by atoms with Crippen molar-refractivity contribution >= 4 is 5.96 Å². The molecule has 2 N–H and O–H groups in total. The summed E-state index contributed by atoms with van der Waals surface area (Å²) in [6, 6.07) is 8.57. The number of aliphatic imine (C=N–C) groups is 1. The van der Waals surface area contributed by atoms with Crippen molar-refractivity contribution < 1.29 is 4.74 Å². The molecule has 24 heavy (non-hydrogen) atoms. The van der Waals surface area contributed by atoms with Crippen molar-refractivity contribution in [2.75, 3.05) is 46.4 Å². The fourth-order valence-electron chi connectivity index (χ4n) is 2.97. The molecule has 0 atom stereocenters. The third-order valence-electron chi connectivity index (χ3n) is 4.47. The monoisotopic (exact) mass is 332 g/mol. The summed E-state index contributed by atoms with van der Waals surface area (Å²) in [5, 5.41) is 6.82. The van der Waals surface area contributed by atoms with Gasteiger partial charge in [0.25, 0.3) is 0 Å². The number of ether oxygens (including phenoxy) is 1. The smallest absolute Gasteiger partial charge is 0.191 e. The van der Waals surface area contributed by atoms with Gasteiger partial charge < -0.3 is 15.4 Å². The first-order chi connectivity index (χ1) is 11.8. The van der Waals surface area contributed by atoms with Crippen LogP contribution in [0.15, 0.2) is 29.3 Å². The van der Waals surface area contributed by atoms with Crippen molar-refractivity contribution in [3.63, 3.8) is 0 Å². The minimum absolute atomic E-state index is 0.817. The Labute approximate surface area is 146 Å². The first kappa shape index (κ1) is 18.7. The Kier molecular flexibility index (Phi) is 8.63. The fraction of sp³-hybridized carbons (Fsp3) is 0.632. The predicted octanol–water partition coefficient (Wildman–Crippen LogP) is 2.03. The van der Waals surface area contributed by atoms with Crippen molar-refractivity contribution in [1.82, 2.24) is 15.5 Å². The summed E-state index contributed by atoms with van der Waals surface area (Å²) in [4.78, 5) is 6.80. The molecule has 5 heteroatoms. The molecule has 1 aliphatic heterocycles. The molecular formula is C19H32N4O. The SMILES string of the molecule is CCc1ccccc1CNC(=NC)NCCCCN1CCOCC1. The molecule has 1 aromatic rings. The second-order valence-corrected chi connectivity index (χ2v) is 6.14. The Morgan fingerprint density at radius 1 is 1.12 bits per heavy atom. The lowest BCUT2D eigenvalue weighted by molar-refractivity contribution is 0.0372. The van der Waals surface area contributed by atoms with Crippen LogP contribution in [0.25, 0.3) is 0 Å². The van der Waals surface area contributed by atoms with Crippen molar-refractivity contribution in [1.29, 1.82) is 0 Å². The van der Waals surface area contributed by atoms with Crippen molar-refractivity contribution in [3.05, 3.63) is 35.4 Å². The third kappa shape index (κ3) is 6.49. The van der Waals surface area contributed by atoms with Crippen LogP contribution in [0.1, 0.15) is 30.9 Å². The van der Waals surface area contributed by atoms with Crippen molar-refractivity contribution in [3.8, 4) is 0 Å². The third-order valence-corrected chi connectivity index (χ3v) is 4.47. The van der Waals surface area contributed by atoms with Gasteiger partial charge in [0, 0.05) is 33.2 Å². The number of rotatable bonds is 8. The van der Waals surface area contributed by atoms with Crippen molar-refractivity contribution in [2.45, 2.75) is 32.7 Å². The highest BCUT2D eigenvalue weighted by atomic mass is 16.5. The number of nitrogens with one attached hydrogen (secondary N) is 2. The maximum absolute atomic E-state index is 5.37. The minimum Gasteiger partial charge on any atom is -0.379 e. The summed E-state index contributed by atoms with van der Waals surface area (Å²) in [5.74, 6) is 0.882. The van der Waals surface area contributed by atoms with Crippen LogP contribution in [0.4, 0.5) is 0 Å². The van der Waals surface area contributed by atoms with E-state index >= 15 is 0 Å². The zero-order valence-corrected chi connectivity index (χ0v) is 15.2. The predicted molar refractivity (Wildman–Crippen MR) is 101 cm³/mol. The largest absolute Gasteiger partial charge is 0.379 e. The molecule has 1 saturated heterocycles. The van der Waals surface area contributed by atoms with Crippen LogP contribution in [-0.2, 0) is 17.7 Å². The molecule has 0 radical (unpaired) electrons. The second kappa shape index (κ2) is 11.0. The van der Waals surface area contributed by atoms with E-state index in [4.69, 9.17) is 4.74 Å². The van der Waals surface area contributed by atoms with E-state index in [2.05, 4.69) is 51.7 Å². The van der Waals surface area contributed by atoms with Gasteiger partial charge in [-0.15, -0.1) is 0 Å². The highest BCUT2D eigenvalue weighted by Crippen LogP contribution is 2.08. The fourth-order valence-corrected chi connectivity index (χ4v) is 2.97. The van der Waals surface area contributed by atoms with E-state index in [1.807, 2.05) is 7.05 Å². The molecule has 0 aromatic heterocycles. The van der Waals surface area contributed by atoms with Crippen LogP contribution < -0.4 is 10.6 Å². The van der Waals surface area contributed by atoms with E-state index in [0.717, 1.165) is 58.2 Å². The van der Waals surface area contributed by atoms with E-state index in [1.165, 1.54) is 24.1 Å². The average molecular weight is 332 g/mol. The van der Waals surface area contributed by atoms with Gasteiger partial charge in [-0.05, 0) is 36.9 Å². The average Bonchev–Trinajstić information content (AvgIpc) is 2.65. The molecule has 134 valence electrons. The Morgan fingerprint density at radius 3 is 2.58 bits per heavy atom. The topological polar surface area (TPSA) is 48.9 Å².